The van der Waals surface area contributed by atoms with Gasteiger partial charge < -0.3 is 15.4 Å². The van der Waals surface area contributed by atoms with Crippen LogP contribution >= 0.6 is 11.6 Å². The Morgan fingerprint density at radius 1 is 1.58 bits per heavy atom. The number of halogens is 1. The summed E-state index contributed by atoms with van der Waals surface area (Å²) in [6.07, 6.45) is 1.76. The third kappa shape index (κ3) is 4.46. The number of nitrogens with one attached hydrogen (secondary N) is 2. The number of nitrogens with zero attached hydrogens (tertiary/aromatic N) is 2. The van der Waals surface area contributed by atoms with Crippen LogP contribution in [0.15, 0.2) is 6.33 Å². The molecule has 7 nitrogen and oxygen atoms in total. The molecule has 1 unspecified atom stereocenters. The van der Waals surface area contributed by atoms with Gasteiger partial charge in [0, 0.05) is 13.7 Å². The molecule has 0 aliphatic heterocycles. The molecule has 1 amide bonds. The zero-order valence-corrected chi connectivity index (χ0v) is 11.4. The van der Waals surface area contributed by atoms with E-state index in [0.29, 0.717) is 19.4 Å². The lowest BCUT2D eigenvalue weighted by molar-refractivity contribution is -0.121. The zero-order valence-electron chi connectivity index (χ0n) is 10.6. The SMILES string of the molecule is COCCNC(=O)C(C)Nc1ncnc(Cl)c1C=O. The first kappa shape index (κ1) is 15.3. The van der Waals surface area contributed by atoms with E-state index in [1.54, 1.807) is 14.0 Å². The van der Waals surface area contributed by atoms with Crippen LogP contribution in [0.4, 0.5) is 5.82 Å². The van der Waals surface area contributed by atoms with Crippen LogP contribution in [0.5, 0.6) is 0 Å². The number of hydrogen-bond acceptors (Lipinski definition) is 6. The molecule has 0 radical (unpaired) electrons. The van der Waals surface area contributed by atoms with Crippen molar-refractivity contribution in [2.45, 2.75) is 13.0 Å². The maximum atomic E-state index is 11.7. The van der Waals surface area contributed by atoms with Gasteiger partial charge in [-0.2, -0.15) is 0 Å². The quantitative estimate of drug-likeness (QED) is 0.431. The summed E-state index contributed by atoms with van der Waals surface area (Å²) < 4.78 is 4.82. The zero-order chi connectivity index (χ0) is 14.3. The van der Waals surface area contributed by atoms with Gasteiger partial charge in [0.15, 0.2) is 6.29 Å². The van der Waals surface area contributed by atoms with E-state index in [1.807, 2.05) is 0 Å². The molecule has 0 fully saturated rings. The molecule has 8 heteroatoms. The van der Waals surface area contributed by atoms with E-state index in [9.17, 15) is 9.59 Å². The molecule has 104 valence electrons. The topological polar surface area (TPSA) is 93.2 Å². The molecule has 0 aliphatic carbocycles. The highest BCUT2D eigenvalue weighted by Gasteiger charge is 2.16. The largest absolute Gasteiger partial charge is 0.383 e. The number of hydrogen-bond donors (Lipinski definition) is 2. The van der Waals surface area contributed by atoms with Crippen LogP contribution in [0.3, 0.4) is 0 Å². The van der Waals surface area contributed by atoms with Crippen molar-refractivity contribution in [1.82, 2.24) is 15.3 Å². The molecule has 2 N–H and O–H groups in total. The highest BCUT2D eigenvalue weighted by molar-refractivity contribution is 6.32. The van der Waals surface area contributed by atoms with E-state index in [4.69, 9.17) is 16.3 Å². The molecule has 19 heavy (non-hydrogen) atoms. The highest BCUT2D eigenvalue weighted by Crippen LogP contribution is 2.17. The summed E-state index contributed by atoms with van der Waals surface area (Å²) in [6.45, 7) is 2.48. The van der Waals surface area contributed by atoms with E-state index in [0.717, 1.165) is 0 Å². The Morgan fingerprint density at radius 3 is 2.95 bits per heavy atom. The number of aldehydes is 1. The van der Waals surface area contributed by atoms with E-state index in [1.165, 1.54) is 6.33 Å². The number of aromatic nitrogens is 2. The molecule has 1 rings (SSSR count). The molecule has 1 aromatic rings. The number of carbonyl (C=O) groups is 2. The van der Waals surface area contributed by atoms with E-state index < -0.39 is 6.04 Å². The molecule has 0 saturated carbocycles. The Kier molecular flexibility index (Phi) is 6.17. The summed E-state index contributed by atoms with van der Waals surface area (Å²) >= 11 is 5.76. The van der Waals surface area contributed by atoms with Gasteiger partial charge >= 0.3 is 0 Å². The number of methoxy groups -OCH3 is 1. The molecule has 0 saturated heterocycles. The first-order valence-electron chi connectivity index (χ1n) is 5.59. The number of amides is 1. The van der Waals surface area contributed by atoms with Gasteiger partial charge in [0.2, 0.25) is 5.91 Å². The van der Waals surface area contributed by atoms with E-state index in [-0.39, 0.29) is 22.4 Å². The average molecular weight is 287 g/mol. The fraction of sp³-hybridized carbons (Fsp3) is 0.455. The minimum Gasteiger partial charge on any atom is -0.383 e. The Morgan fingerprint density at radius 2 is 2.32 bits per heavy atom. The van der Waals surface area contributed by atoms with E-state index >= 15 is 0 Å². The van der Waals surface area contributed by atoms with Gasteiger partial charge in [0.05, 0.1) is 12.2 Å². The second-order valence-corrected chi connectivity index (χ2v) is 4.05. The lowest BCUT2D eigenvalue weighted by Crippen LogP contribution is -2.39. The van der Waals surface area contributed by atoms with Crippen molar-refractivity contribution < 1.29 is 14.3 Å². The Labute approximate surface area is 115 Å². The fourth-order valence-corrected chi connectivity index (χ4v) is 1.47. The van der Waals surface area contributed by atoms with Crippen LogP contribution in [-0.2, 0) is 9.53 Å². The standard InChI is InChI=1S/C11H15ClN4O3/c1-7(11(18)13-3-4-19-2)16-10-8(5-17)9(12)14-6-15-10/h5-7H,3-4H2,1-2H3,(H,13,18)(H,14,15,16). The lowest BCUT2D eigenvalue weighted by atomic mass is 10.2. The van der Waals surface area contributed by atoms with Crippen LogP contribution < -0.4 is 10.6 Å². The molecule has 0 aromatic carbocycles. The van der Waals surface area contributed by atoms with Crippen molar-refractivity contribution in [1.29, 1.82) is 0 Å². The van der Waals surface area contributed by atoms with Gasteiger partial charge in [-0.05, 0) is 6.92 Å². The maximum absolute atomic E-state index is 11.7. The Bertz CT molecular complexity index is 456. The van der Waals surface area contributed by atoms with Crippen LogP contribution in [0.2, 0.25) is 5.15 Å². The van der Waals surface area contributed by atoms with Gasteiger partial charge in [0.25, 0.3) is 0 Å². The van der Waals surface area contributed by atoms with Crippen LogP contribution in [-0.4, -0.2) is 48.5 Å². The van der Waals surface area contributed by atoms with Gasteiger partial charge in [0.1, 0.15) is 23.3 Å². The fourth-order valence-electron chi connectivity index (χ4n) is 1.29. The molecule has 0 spiro atoms. The first-order valence-corrected chi connectivity index (χ1v) is 5.96. The second kappa shape index (κ2) is 7.65. The minimum absolute atomic E-state index is 0.0412. The smallest absolute Gasteiger partial charge is 0.242 e. The van der Waals surface area contributed by atoms with Crippen molar-refractivity contribution in [2.75, 3.05) is 25.6 Å². The van der Waals surface area contributed by atoms with Crippen molar-refractivity contribution in [3.8, 4) is 0 Å². The monoisotopic (exact) mass is 286 g/mol. The molecule has 0 aliphatic rings. The van der Waals surface area contributed by atoms with Crippen molar-refractivity contribution in [3.63, 3.8) is 0 Å². The van der Waals surface area contributed by atoms with Gasteiger partial charge in [-0.3, -0.25) is 9.59 Å². The van der Waals surface area contributed by atoms with Crippen LogP contribution in [0.1, 0.15) is 17.3 Å². The highest BCUT2D eigenvalue weighted by atomic mass is 35.5. The summed E-state index contributed by atoms with van der Waals surface area (Å²) in [5.41, 5.74) is 0.126. The summed E-state index contributed by atoms with van der Waals surface area (Å²) in [5.74, 6) is -0.00646. The lowest BCUT2D eigenvalue weighted by Gasteiger charge is -2.15. The molecule has 0 bridgehead atoms. The number of carbonyl (C=O) groups excluding carboxylic acids is 2. The van der Waals surface area contributed by atoms with Crippen molar-refractivity contribution in [3.05, 3.63) is 17.0 Å². The Balaban J connectivity index is 2.66. The molecule has 1 heterocycles. The van der Waals surface area contributed by atoms with Crippen molar-refractivity contribution >= 4 is 29.6 Å². The normalized spacial score (nSPS) is 11.7. The summed E-state index contributed by atoms with van der Waals surface area (Å²) in [4.78, 5) is 30.2. The average Bonchev–Trinajstić information content (AvgIpc) is 2.39. The van der Waals surface area contributed by atoms with E-state index in [2.05, 4.69) is 20.6 Å². The predicted octanol–water partition coefficient (Wildman–Crippen LogP) is 0.505. The predicted molar refractivity (Wildman–Crippen MR) is 70.4 cm³/mol. The maximum Gasteiger partial charge on any atom is 0.242 e. The summed E-state index contributed by atoms with van der Waals surface area (Å²) in [7, 11) is 1.55. The third-order valence-electron chi connectivity index (χ3n) is 2.31. The van der Waals surface area contributed by atoms with Gasteiger partial charge in [-0.15, -0.1) is 0 Å². The number of anilines is 1. The molecular weight excluding hydrogens is 272 g/mol. The second-order valence-electron chi connectivity index (χ2n) is 3.69. The van der Waals surface area contributed by atoms with Crippen LogP contribution in [0.25, 0.3) is 0 Å². The van der Waals surface area contributed by atoms with Crippen LogP contribution in [0, 0.1) is 0 Å². The van der Waals surface area contributed by atoms with Crippen molar-refractivity contribution in [2.24, 2.45) is 0 Å². The third-order valence-corrected chi connectivity index (χ3v) is 2.61. The first-order chi connectivity index (χ1) is 9.10. The molecule has 1 atom stereocenters. The minimum atomic E-state index is -0.568. The van der Waals surface area contributed by atoms with Gasteiger partial charge in [-0.25, -0.2) is 9.97 Å². The van der Waals surface area contributed by atoms with Gasteiger partial charge in [-0.1, -0.05) is 11.6 Å². The Hall–Kier alpha value is -1.73. The molecule has 1 aromatic heterocycles. The summed E-state index contributed by atoms with van der Waals surface area (Å²) in [5, 5.41) is 5.51. The summed E-state index contributed by atoms with van der Waals surface area (Å²) in [6, 6.07) is -0.568. The number of rotatable bonds is 7. The number of ether oxygens (including phenoxy) is 1. The molecular formula is C11H15ClN4O3.